The van der Waals surface area contributed by atoms with Crippen LogP contribution in [0, 0.1) is 17.0 Å². The highest BCUT2D eigenvalue weighted by atomic mass is 16.7. The number of nitrogens with zero attached hydrogens (tertiary/aromatic N) is 1. The lowest BCUT2D eigenvalue weighted by molar-refractivity contribution is -0.384. The Kier molecular flexibility index (Phi) is 20.3. The molecule has 1 unspecified atom stereocenters. The lowest BCUT2D eigenvalue weighted by Crippen LogP contribution is -2.25. The predicted molar refractivity (Wildman–Crippen MR) is 152 cm³/mol. The van der Waals surface area contributed by atoms with Crippen molar-refractivity contribution in [3.63, 3.8) is 0 Å². The van der Waals surface area contributed by atoms with E-state index in [4.69, 9.17) is 23.7 Å². The van der Waals surface area contributed by atoms with Crippen molar-refractivity contribution >= 4 is 17.8 Å². The third-order valence-electron chi connectivity index (χ3n) is 6.13. The summed E-state index contributed by atoms with van der Waals surface area (Å²) in [6, 6.07) is 4.95. The summed E-state index contributed by atoms with van der Waals surface area (Å²) < 4.78 is 27.0. The van der Waals surface area contributed by atoms with Gasteiger partial charge in [0.1, 0.15) is 18.5 Å². The van der Waals surface area contributed by atoms with E-state index < -0.39 is 29.4 Å². The number of rotatable bonds is 24. The predicted octanol–water partition coefficient (Wildman–Crippen LogP) is 7.72. The second-order valence-electron chi connectivity index (χ2n) is 9.77. The van der Waals surface area contributed by atoms with Gasteiger partial charge in [-0.1, -0.05) is 78.1 Å². The SMILES string of the molecule is [CH2]C(COC(=O)CCC(OCCCCCCCC)OCCCCCCCC)OC(=O)Oc1ccc([N+](=O)[O-])cc1. The van der Waals surface area contributed by atoms with Crippen LogP contribution < -0.4 is 4.74 Å². The summed E-state index contributed by atoms with van der Waals surface area (Å²) in [6.45, 7) is 8.97. The van der Waals surface area contributed by atoms with Crippen LogP contribution in [0.5, 0.6) is 5.75 Å². The van der Waals surface area contributed by atoms with Crippen molar-refractivity contribution in [2.24, 2.45) is 0 Å². The number of benzene rings is 1. The molecule has 227 valence electrons. The number of hydrogen-bond donors (Lipinski definition) is 0. The molecule has 0 heterocycles. The molecule has 0 aliphatic rings. The topological polar surface area (TPSA) is 123 Å². The van der Waals surface area contributed by atoms with Gasteiger partial charge in [-0.3, -0.25) is 14.9 Å². The normalized spacial score (nSPS) is 11.8. The van der Waals surface area contributed by atoms with E-state index in [1.54, 1.807) is 0 Å². The number of carbonyl (C=O) groups is 2. The Bertz CT molecular complexity index is 798. The number of non-ortho nitro benzene ring substituents is 1. The smallest absolute Gasteiger partial charge is 0.462 e. The number of nitro benzene ring substituents is 1. The molecule has 0 aromatic heterocycles. The summed E-state index contributed by atoms with van der Waals surface area (Å²) >= 11 is 0. The third kappa shape index (κ3) is 18.5. The molecule has 1 aromatic carbocycles. The summed E-state index contributed by atoms with van der Waals surface area (Å²) in [5.41, 5.74) is -0.134. The molecule has 0 bridgehead atoms. The first-order valence-corrected chi connectivity index (χ1v) is 14.7. The maximum Gasteiger partial charge on any atom is 0.514 e. The molecule has 0 spiro atoms. The van der Waals surface area contributed by atoms with Crippen molar-refractivity contribution in [2.45, 2.75) is 116 Å². The molecule has 1 radical (unpaired) electrons. The molecule has 1 rings (SSSR count). The highest BCUT2D eigenvalue weighted by Gasteiger charge is 2.17. The summed E-state index contributed by atoms with van der Waals surface area (Å²) in [5.74, 6) is -0.398. The van der Waals surface area contributed by atoms with Gasteiger partial charge in [0, 0.05) is 31.8 Å². The van der Waals surface area contributed by atoms with Gasteiger partial charge in [-0.2, -0.15) is 0 Å². The van der Waals surface area contributed by atoms with Crippen LogP contribution in [0.4, 0.5) is 10.5 Å². The Hall–Kier alpha value is -2.72. The lowest BCUT2D eigenvalue weighted by Gasteiger charge is -2.19. The summed E-state index contributed by atoms with van der Waals surface area (Å²) in [5, 5.41) is 10.7. The van der Waals surface area contributed by atoms with Gasteiger partial charge in [0.2, 0.25) is 0 Å². The standard InChI is InChI=1S/C30H48NO9/c1-4-6-8-10-12-14-22-36-29(37-23-15-13-11-9-7-5-2)21-20-28(32)38-24-25(3)39-30(33)40-27-18-16-26(17-19-27)31(34)35/h16-19,25,29H,3-15,20-24H2,1-2H3. The van der Waals surface area contributed by atoms with E-state index in [2.05, 4.69) is 20.8 Å². The second-order valence-corrected chi connectivity index (χ2v) is 9.77. The third-order valence-corrected chi connectivity index (χ3v) is 6.13. The fourth-order valence-electron chi connectivity index (χ4n) is 3.83. The van der Waals surface area contributed by atoms with Gasteiger partial charge in [0.15, 0.2) is 6.29 Å². The number of hydrogen-bond acceptors (Lipinski definition) is 9. The molecule has 10 nitrogen and oxygen atoms in total. The van der Waals surface area contributed by atoms with Crippen LogP contribution in [-0.4, -0.2) is 49.3 Å². The largest absolute Gasteiger partial charge is 0.514 e. The molecule has 0 aliphatic carbocycles. The Labute approximate surface area is 239 Å². The quantitative estimate of drug-likeness (QED) is 0.0309. The maximum absolute atomic E-state index is 12.3. The fraction of sp³-hybridized carbons (Fsp3) is 0.700. The maximum atomic E-state index is 12.3. The Morgan fingerprint density at radius 2 is 1.38 bits per heavy atom. The molecule has 10 heteroatoms. The first-order chi connectivity index (χ1) is 19.3. The van der Waals surface area contributed by atoms with Crippen molar-refractivity contribution in [3.8, 4) is 5.75 Å². The monoisotopic (exact) mass is 566 g/mol. The fourth-order valence-corrected chi connectivity index (χ4v) is 3.83. The molecule has 0 saturated heterocycles. The van der Waals surface area contributed by atoms with Gasteiger partial charge in [-0.05, 0) is 31.9 Å². The van der Waals surface area contributed by atoms with Crippen molar-refractivity contribution in [1.82, 2.24) is 0 Å². The van der Waals surface area contributed by atoms with Crippen molar-refractivity contribution in [2.75, 3.05) is 19.8 Å². The molecule has 0 fully saturated rings. The van der Waals surface area contributed by atoms with Gasteiger partial charge >= 0.3 is 12.1 Å². The minimum absolute atomic E-state index is 0.0766. The zero-order valence-electron chi connectivity index (χ0n) is 24.3. The molecule has 1 atom stereocenters. The first-order valence-electron chi connectivity index (χ1n) is 14.7. The Balaban J connectivity index is 2.34. The highest BCUT2D eigenvalue weighted by Crippen LogP contribution is 2.18. The molecular formula is C30H48NO9. The van der Waals surface area contributed by atoms with Crippen LogP contribution in [0.15, 0.2) is 24.3 Å². The van der Waals surface area contributed by atoms with Crippen LogP contribution in [0.3, 0.4) is 0 Å². The van der Waals surface area contributed by atoms with Gasteiger partial charge in [0.05, 0.1) is 11.3 Å². The minimum atomic E-state index is -1.06. The van der Waals surface area contributed by atoms with E-state index in [1.807, 2.05) is 0 Å². The number of esters is 1. The van der Waals surface area contributed by atoms with Gasteiger partial charge in [0.25, 0.3) is 5.69 Å². The lowest BCUT2D eigenvalue weighted by atomic mass is 10.1. The van der Waals surface area contributed by atoms with Crippen molar-refractivity contribution in [3.05, 3.63) is 41.3 Å². The van der Waals surface area contributed by atoms with Gasteiger partial charge in [-0.25, -0.2) is 4.79 Å². The molecule has 0 N–H and O–H groups in total. The molecule has 0 saturated carbocycles. The number of unbranched alkanes of at least 4 members (excludes halogenated alkanes) is 10. The Morgan fingerprint density at radius 1 is 0.850 bits per heavy atom. The summed E-state index contributed by atoms with van der Waals surface area (Å²) in [4.78, 5) is 34.3. The molecule has 0 amide bonds. The van der Waals surface area contributed by atoms with Crippen LogP contribution in [-0.2, 0) is 23.7 Å². The number of nitro groups is 1. The summed E-state index contributed by atoms with van der Waals surface area (Å²) in [7, 11) is 0. The molecule has 1 aromatic rings. The molecular weight excluding hydrogens is 518 g/mol. The van der Waals surface area contributed by atoms with Crippen LogP contribution in [0.25, 0.3) is 0 Å². The highest BCUT2D eigenvalue weighted by molar-refractivity contribution is 5.69. The van der Waals surface area contributed by atoms with E-state index in [9.17, 15) is 19.7 Å². The number of ether oxygens (including phenoxy) is 5. The second kappa shape index (κ2) is 23.0. The van der Waals surface area contributed by atoms with E-state index in [-0.39, 0.29) is 24.5 Å². The van der Waals surface area contributed by atoms with Crippen LogP contribution in [0.2, 0.25) is 0 Å². The van der Waals surface area contributed by atoms with Crippen LogP contribution in [0.1, 0.15) is 104 Å². The Morgan fingerprint density at radius 3 is 1.90 bits per heavy atom. The van der Waals surface area contributed by atoms with E-state index in [0.29, 0.717) is 19.6 Å². The zero-order chi connectivity index (χ0) is 29.4. The van der Waals surface area contributed by atoms with Gasteiger partial charge in [-0.15, -0.1) is 0 Å². The van der Waals surface area contributed by atoms with Crippen molar-refractivity contribution in [1.29, 1.82) is 0 Å². The average Bonchev–Trinajstić information content (AvgIpc) is 2.93. The first kappa shape index (κ1) is 35.3. The van der Waals surface area contributed by atoms with Crippen LogP contribution >= 0.6 is 0 Å². The van der Waals surface area contributed by atoms with E-state index in [1.165, 1.54) is 75.6 Å². The molecule has 0 aliphatic heterocycles. The number of carbonyl (C=O) groups excluding carboxylic acids is 2. The van der Waals surface area contributed by atoms with Crippen molar-refractivity contribution < 1.29 is 38.2 Å². The molecule has 40 heavy (non-hydrogen) atoms. The average molecular weight is 567 g/mol. The summed E-state index contributed by atoms with van der Waals surface area (Å²) in [6.07, 6.45) is 11.9. The van der Waals surface area contributed by atoms with E-state index in [0.717, 1.165) is 25.7 Å². The minimum Gasteiger partial charge on any atom is -0.462 e. The zero-order valence-corrected chi connectivity index (χ0v) is 24.3. The van der Waals surface area contributed by atoms with E-state index >= 15 is 0 Å². The van der Waals surface area contributed by atoms with Gasteiger partial charge < -0.3 is 23.7 Å².